The van der Waals surface area contributed by atoms with Gasteiger partial charge < -0.3 is 4.42 Å². The summed E-state index contributed by atoms with van der Waals surface area (Å²) >= 11 is 0. The highest BCUT2D eigenvalue weighted by atomic mass is 16.4. The molecule has 0 saturated carbocycles. The Morgan fingerprint density at radius 1 is 1.12 bits per heavy atom. The monoisotopic (exact) mass is 225 g/mol. The number of imidazole rings is 1. The van der Waals surface area contributed by atoms with Crippen LogP contribution in [0.15, 0.2) is 47.7 Å². The van der Waals surface area contributed by atoms with Gasteiger partial charge >= 0.3 is 5.84 Å². The molecule has 17 heavy (non-hydrogen) atoms. The maximum Gasteiger partial charge on any atom is 0.306 e. The van der Waals surface area contributed by atoms with E-state index < -0.39 is 0 Å². The number of oxazole rings is 1. The van der Waals surface area contributed by atoms with Crippen LogP contribution in [-0.2, 0) is 0 Å². The summed E-state index contributed by atoms with van der Waals surface area (Å²) in [5.74, 6) is 1.35. The van der Waals surface area contributed by atoms with Gasteiger partial charge in [-0.1, -0.05) is 0 Å². The van der Waals surface area contributed by atoms with Gasteiger partial charge in [0.2, 0.25) is 0 Å². The van der Waals surface area contributed by atoms with Crippen molar-refractivity contribution in [3.63, 3.8) is 0 Å². The van der Waals surface area contributed by atoms with E-state index in [0.29, 0.717) is 5.84 Å². The van der Waals surface area contributed by atoms with Crippen molar-refractivity contribution in [2.24, 2.45) is 0 Å². The molecule has 82 valence electrons. The van der Waals surface area contributed by atoms with E-state index in [1.165, 1.54) is 0 Å². The second-order valence-corrected chi connectivity index (χ2v) is 3.73. The molecular formula is C11H7N5O. The van der Waals surface area contributed by atoms with Crippen LogP contribution in [0.4, 0.5) is 0 Å². The molecule has 4 rings (SSSR count). The molecule has 0 aliphatic heterocycles. The maximum absolute atomic E-state index is 5.62. The fourth-order valence-electron chi connectivity index (χ4n) is 1.83. The Morgan fingerprint density at radius 3 is 3.06 bits per heavy atom. The predicted octanol–water partition coefficient (Wildman–Crippen LogP) is 1.64. The average molecular weight is 225 g/mol. The lowest BCUT2D eigenvalue weighted by Crippen LogP contribution is -1.84. The van der Waals surface area contributed by atoms with Crippen molar-refractivity contribution in [1.82, 2.24) is 24.0 Å². The van der Waals surface area contributed by atoms with Gasteiger partial charge in [-0.25, -0.2) is 4.98 Å². The molecule has 4 aromatic heterocycles. The van der Waals surface area contributed by atoms with Crippen molar-refractivity contribution in [2.75, 3.05) is 0 Å². The van der Waals surface area contributed by atoms with E-state index in [9.17, 15) is 0 Å². The fourth-order valence-corrected chi connectivity index (χ4v) is 1.83. The van der Waals surface area contributed by atoms with Crippen LogP contribution in [0.5, 0.6) is 0 Å². The summed E-state index contributed by atoms with van der Waals surface area (Å²) in [6, 6.07) is 3.84. The SMILES string of the molecule is c1cn2cc(-c3ccc4nncn4c3)oc2n1. The first kappa shape index (κ1) is 8.51. The Morgan fingerprint density at radius 2 is 2.12 bits per heavy atom. The van der Waals surface area contributed by atoms with E-state index in [-0.39, 0.29) is 0 Å². The topological polar surface area (TPSA) is 60.6 Å². The van der Waals surface area contributed by atoms with Crippen LogP contribution in [0.2, 0.25) is 0 Å². The van der Waals surface area contributed by atoms with Crippen LogP contribution in [0, 0.1) is 0 Å². The van der Waals surface area contributed by atoms with Gasteiger partial charge in [-0.15, -0.1) is 10.2 Å². The quantitative estimate of drug-likeness (QED) is 0.494. The van der Waals surface area contributed by atoms with Crippen molar-refractivity contribution in [3.05, 3.63) is 43.2 Å². The van der Waals surface area contributed by atoms with Crippen molar-refractivity contribution < 1.29 is 4.42 Å². The van der Waals surface area contributed by atoms with Crippen molar-refractivity contribution in [3.8, 4) is 11.3 Å². The highest BCUT2D eigenvalue weighted by molar-refractivity contribution is 5.59. The number of nitrogens with zero attached hydrogens (tertiary/aromatic N) is 5. The van der Waals surface area contributed by atoms with Crippen LogP contribution in [-0.4, -0.2) is 24.0 Å². The number of hydrogen-bond donors (Lipinski definition) is 0. The van der Waals surface area contributed by atoms with Gasteiger partial charge in [0, 0.05) is 24.2 Å². The van der Waals surface area contributed by atoms with Gasteiger partial charge in [0.15, 0.2) is 11.4 Å². The lowest BCUT2D eigenvalue weighted by molar-refractivity contribution is 0.610. The summed E-state index contributed by atoms with van der Waals surface area (Å²) in [5, 5.41) is 7.78. The minimum atomic E-state index is 0.587. The fraction of sp³-hybridized carbons (Fsp3) is 0. The van der Waals surface area contributed by atoms with Gasteiger partial charge in [0.1, 0.15) is 6.33 Å². The molecule has 0 bridgehead atoms. The Hall–Kier alpha value is -2.63. The molecule has 0 unspecified atom stereocenters. The van der Waals surface area contributed by atoms with E-state index >= 15 is 0 Å². The molecule has 4 heterocycles. The zero-order valence-electron chi connectivity index (χ0n) is 8.69. The molecule has 6 heteroatoms. The smallest absolute Gasteiger partial charge is 0.306 e. The van der Waals surface area contributed by atoms with Crippen molar-refractivity contribution in [1.29, 1.82) is 0 Å². The standard InChI is InChI=1S/C11H7N5O/c1-2-10-14-13-7-16(10)5-8(1)9-6-15-4-3-12-11(15)17-9/h1-7H. The molecule has 6 nitrogen and oxygen atoms in total. The third kappa shape index (κ3) is 1.17. The molecule has 0 saturated heterocycles. The first-order valence-electron chi connectivity index (χ1n) is 5.12. The maximum atomic E-state index is 5.62. The highest BCUT2D eigenvalue weighted by Gasteiger charge is 2.07. The third-order valence-electron chi connectivity index (χ3n) is 2.67. The van der Waals surface area contributed by atoms with Gasteiger partial charge in [0.25, 0.3) is 0 Å². The van der Waals surface area contributed by atoms with Crippen molar-refractivity contribution in [2.45, 2.75) is 0 Å². The Balaban J connectivity index is 1.95. The van der Waals surface area contributed by atoms with E-state index in [1.54, 1.807) is 12.5 Å². The summed E-state index contributed by atoms with van der Waals surface area (Å²) in [6.07, 6.45) is 9.03. The largest absolute Gasteiger partial charge is 0.423 e. The minimum absolute atomic E-state index is 0.587. The Labute approximate surface area is 95.1 Å². The number of aromatic nitrogens is 5. The van der Waals surface area contributed by atoms with Gasteiger partial charge in [-0.3, -0.25) is 8.80 Å². The normalized spacial score (nSPS) is 11.5. The Bertz CT molecular complexity index is 781. The van der Waals surface area contributed by atoms with Gasteiger partial charge in [-0.05, 0) is 12.1 Å². The lowest BCUT2D eigenvalue weighted by Gasteiger charge is -1.96. The number of rotatable bonds is 1. The van der Waals surface area contributed by atoms with Crippen LogP contribution >= 0.6 is 0 Å². The summed E-state index contributed by atoms with van der Waals surface area (Å²) in [4.78, 5) is 4.08. The number of fused-ring (bicyclic) bond motifs is 2. The van der Waals surface area contributed by atoms with E-state index in [0.717, 1.165) is 17.0 Å². The summed E-state index contributed by atoms with van der Waals surface area (Å²) < 4.78 is 9.30. The second-order valence-electron chi connectivity index (χ2n) is 3.73. The molecule has 0 fully saturated rings. The van der Waals surface area contributed by atoms with Crippen LogP contribution in [0.25, 0.3) is 22.8 Å². The summed E-state index contributed by atoms with van der Waals surface area (Å²) in [7, 11) is 0. The van der Waals surface area contributed by atoms with Gasteiger partial charge in [-0.2, -0.15) is 0 Å². The first-order chi connectivity index (χ1) is 8.40. The molecule has 4 aromatic rings. The zero-order chi connectivity index (χ0) is 11.2. The van der Waals surface area contributed by atoms with E-state index in [2.05, 4.69) is 15.2 Å². The van der Waals surface area contributed by atoms with Crippen LogP contribution in [0.3, 0.4) is 0 Å². The molecule has 0 aliphatic rings. The summed E-state index contributed by atoms with van der Waals surface area (Å²) in [6.45, 7) is 0. The van der Waals surface area contributed by atoms with Gasteiger partial charge in [0.05, 0.1) is 6.20 Å². The molecule has 0 aromatic carbocycles. The molecular weight excluding hydrogens is 218 g/mol. The van der Waals surface area contributed by atoms with Crippen LogP contribution < -0.4 is 0 Å². The number of hydrogen-bond acceptors (Lipinski definition) is 4. The minimum Gasteiger partial charge on any atom is -0.423 e. The molecule has 0 atom stereocenters. The summed E-state index contributed by atoms with van der Waals surface area (Å²) in [5.41, 5.74) is 1.77. The molecule has 0 spiro atoms. The molecule has 0 radical (unpaired) electrons. The highest BCUT2D eigenvalue weighted by Crippen LogP contribution is 2.22. The molecule has 0 amide bonds. The first-order valence-corrected chi connectivity index (χ1v) is 5.12. The lowest BCUT2D eigenvalue weighted by atomic mass is 10.2. The third-order valence-corrected chi connectivity index (χ3v) is 2.67. The molecule has 0 aliphatic carbocycles. The van der Waals surface area contributed by atoms with Crippen LogP contribution in [0.1, 0.15) is 0 Å². The predicted molar refractivity (Wildman–Crippen MR) is 59.4 cm³/mol. The molecule has 0 N–H and O–H groups in total. The van der Waals surface area contributed by atoms with E-state index in [4.69, 9.17) is 4.42 Å². The van der Waals surface area contributed by atoms with Crippen molar-refractivity contribution >= 4 is 11.5 Å². The van der Waals surface area contributed by atoms with E-state index in [1.807, 2.05) is 39.5 Å². The Kier molecular flexibility index (Phi) is 1.47. The average Bonchev–Trinajstić information content (AvgIpc) is 3.02. The zero-order valence-corrected chi connectivity index (χ0v) is 8.69. The number of pyridine rings is 1. The second kappa shape index (κ2) is 2.94.